The van der Waals surface area contributed by atoms with Crippen LogP contribution in [0.5, 0.6) is 5.75 Å². The van der Waals surface area contributed by atoms with Crippen molar-refractivity contribution in [2.75, 3.05) is 7.11 Å². The molecule has 0 aliphatic heterocycles. The molecular weight excluding hydrogens is 284 g/mol. The number of rotatable bonds is 8. The highest BCUT2D eigenvalue weighted by atomic mass is 35.5. The third kappa shape index (κ3) is 3.52. The first-order valence-corrected chi connectivity index (χ1v) is 8.36. The smallest absolute Gasteiger partial charge is 0.146 e. The van der Waals surface area contributed by atoms with E-state index in [2.05, 4.69) is 29.5 Å². The molecule has 0 saturated heterocycles. The molecule has 0 amide bonds. The first-order chi connectivity index (χ1) is 10.2. The molecule has 1 atom stereocenters. The molecule has 0 radical (unpaired) electrons. The number of para-hydroxylation sites is 1. The van der Waals surface area contributed by atoms with E-state index in [0.717, 1.165) is 29.0 Å². The fraction of sp³-hybridized carbons (Fsp3) is 0.588. The first kappa shape index (κ1) is 16.2. The second kappa shape index (κ2) is 7.69. The van der Waals surface area contributed by atoms with Gasteiger partial charge in [0.1, 0.15) is 17.1 Å². The number of unbranched alkanes of at least 4 members (excludes halogenated alkanes) is 3. The highest BCUT2D eigenvalue weighted by Gasteiger charge is 2.17. The van der Waals surface area contributed by atoms with Gasteiger partial charge in [-0.15, -0.1) is 11.6 Å². The molecule has 21 heavy (non-hydrogen) atoms. The van der Waals surface area contributed by atoms with Crippen LogP contribution in [-0.2, 0) is 5.88 Å². The minimum atomic E-state index is 0.410. The maximum Gasteiger partial charge on any atom is 0.146 e. The zero-order chi connectivity index (χ0) is 15.2. The van der Waals surface area contributed by atoms with Crippen molar-refractivity contribution in [2.45, 2.75) is 57.9 Å². The number of alkyl halides is 1. The van der Waals surface area contributed by atoms with E-state index >= 15 is 0 Å². The second-order valence-electron chi connectivity index (χ2n) is 5.56. The Balaban J connectivity index is 2.28. The summed E-state index contributed by atoms with van der Waals surface area (Å²) < 4.78 is 7.69. The van der Waals surface area contributed by atoms with Crippen LogP contribution < -0.4 is 4.74 Å². The van der Waals surface area contributed by atoms with Gasteiger partial charge in [0.05, 0.1) is 18.5 Å². The second-order valence-corrected chi connectivity index (χ2v) is 5.83. The molecule has 4 heteroatoms. The number of hydrogen-bond donors (Lipinski definition) is 0. The summed E-state index contributed by atoms with van der Waals surface area (Å²) in [7, 11) is 1.68. The number of aromatic nitrogens is 2. The van der Waals surface area contributed by atoms with Gasteiger partial charge in [-0.1, -0.05) is 38.7 Å². The van der Waals surface area contributed by atoms with E-state index < -0.39 is 0 Å². The summed E-state index contributed by atoms with van der Waals surface area (Å²) in [6.45, 7) is 4.49. The van der Waals surface area contributed by atoms with Gasteiger partial charge in [-0.3, -0.25) is 0 Å². The van der Waals surface area contributed by atoms with Crippen molar-refractivity contribution in [1.82, 2.24) is 9.55 Å². The molecule has 1 aromatic heterocycles. The summed E-state index contributed by atoms with van der Waals surface area (Å²) >= 11 is 6.10. The van der Waals surface area contributed by atoms with Crippen LogP contribution in [0.15, 0.2) is 18.2 Å². The number of benzene rings is 1. The Bertz CT molecular complexity index is 579. The summed E-state index contributed by atoms with van der Waals surface area (Å²) in [6, 6.07) is 6.47. The molecule has 1 heterocycles. The highest BCUT2D eigenvalue weighted by Crippen LogP contribution is 2.30. The third-order valence-corrected chi connectivity index (χ3v) is 4.25. The van der Waals surface area contributed by atoms with Crippen LogP contribution in [-0.4, -0.2) is 16.7 Å². The number of nitrogens with zero attached hydrogens (tertiary/aromatic N) is 2. The van der Waals surface area contributed by atoms with Crippen LogP contribution in [0.25, 0.3) is 11.0 Å². The quantitative estimate of drug-likeness (QED) is 0.488. The Hall–Kier alpha value is -1.22. The maximum absolute atomic E-state index is 6.10. The van der Waals surface area contributed by atoms with Crippen molar-refractivity contribution < 1.29 is 4.74 Å². The van der Waals surface area contributed by atoms with Crippen molar-refractivity contribution >= 4 is 22.6 Å². The predicted octanol–water partition coefficient (Wildman–Crippen LogP) is 5.32. The summed E-state index contributed by atoms with van der Waals surface area (Å²) in [5.74, 6) is 2.17. The normalized spacial score (nSPS) is 12.8. The number of imidazole rings is 1. The summed E-state index contributed by atoms with van der Waals surface area (Å²) in [5, 5.41) is 0. The monoisotopic (exact) mass is 308 g/mol. The van der Waals surface area contributed by atoms with E-state index in [1.54, 1.807) is 7.11 Å². The zero-order valence-electron chi connectivity index (χ0n) is 13.2. The van der Waals surface area contributed by atoms with Crippen LogP contribution in [0.4, 0.5) is 0 Å². The van der Waals surface area contributed by atoms with Crippen molar-refractivity contribution in [2.24, 2.45) is 0 Å². The van der Waals surface area contributed by atoms with E-state index in [4.69, 9.17) is 16.3 Å². The van der Waals surface area contributed by atoms with Crippen molar-refractivity contribution in [3.63, 3.8) is 0 Å². The standard InChI is InChI=1S/C17H25ClN2O/c1-4-5-6-7-9-13(2)20-14-10-8-11-15(21-3)17(14)19-16(20)12-18/h8,10-11,13H,4-7,9,12H2,1-3H3. The number of methoxy groups -OCH3 is 1. The average Bonchev–Trinajstić information content (AvgIpc) is 2.89. The lowest BCUT2D eigenvalue weighted by Crippen LogP contribution is -2.08. The van der Waals surface area contributed by atoms with E-state index in [9.17, 15) is 0 Å². The van der Waals surface area contributed by atoms with Crippen molar-refractivity contribution in [3.05, 3.63) is 24.0 Å². The molecule has 116 valence electrons. The van der Waals surface area contributed by atoms with Crippen LogP contribution in [0.1, 0.15) is 57.8 Å². The average molecular weight is 309 g/mol. The molecule has 0 N–H and O–H groups in total. The lowest BCUT2D eigenvalue weighted by molar-refractivity contribution is 0.419. The van der Waals surface area contributed by atoms with Gasteiger partial charge in [-0.2, -0.15) is 0 Å². The fourth-order valence-electron chi connectivity index (χ4n) is 2.89. The molecule has 0 aliphatic rings. The largest absolute Gasteiger partial charge is 0.494 e. The topological polar surface area (TPSA) is 27.1 Å². The number of hydrogen-bond acceptors (Lipinski definition) is 2. The molecule has 0 spiro atoms. The summed E-state index contributed by atoms with van der Waals surface area (Å²) in [6.07, 6.45) is 6.29. The van der Waals surface area contributed by atoms with Gasteiger partial charge >= 0.3 is 0 Å². The SMILES string of the molecule is CCCCCCC(C)n1c(CCl)nc2c(OC)cccc21. The minimum absolute atomic E-state index is 0.410. The summed E-state index contributed by atoms with van der Waals surface area (Å²) in [4.78, 5) is 4.67. The molecule has 0 aliphatic carbocycles. The van der Waals surface area contributed by atoms with E-state index in [-0.39, 0.29) is 0 Å². The molecule has 1 aromatic carbocycles. The molecule has 2 rings (SSSR count). The molecule has 0 fully saturated rings. The predicted molar refractivity (Wildman–Crippen MR) is 89.3 cm³/mol. The van der Waals surface area contributed by atoms with Gasteiger partial charge < -0.3 is 9.30 Å². The molecular formula is C17H25ClN2O. The molecule has 0 saturated carbocycles. The van der Waals surface area contributed by atoms with Gasteiger partial charge in [0.25, 0.3) is 0 Å². The molecule has 2 aromatic rings. The van der Waals surface area contributed by atoms with Crippen LogP contribution >= 0.6 is 11.6 Å². The number of ether oxygens (including phenoxy) is 1. The fourth-order valence-corrected chi connectivity index (χ4v) is 3.07. The van der Waals surface area contributed by atoms with E-state index in [1.165, 1.54) is 25.7 Å². The Labute approximate surface area is 132 Å². The molecule has 1 unspecified atom stereocenters. The zero-order valence-corrected chi connectivity index (χ0v) is 14.0. The van der Waals surface area contributed by atoms with Gasteiger partial charge in [0.2, 0.25) is 0 Å². The van der Waals surface area contributed by atoms with E-state index in [1.807, 2.05) is 12.1 Å². The van der Waals surface area contributed by atoms with Gasteiger partial charge in [0, 0.05) is 6.04 Å². The van der Waals surface area contributed by atoms with Crippen molar-refractivity contribution in [1.29, 1.82) is 0 Å². The Morgan fingerprint density at radius 3 is 2.76 bits per heavy atom. The lowest BCUT2D eigenvalue weighted by atomic mass is 10.1. The van der Waals surface area contributed by atoms with Gasteiger partial charge in [-0.05, 0) is 25.5 Å². The minimum Gasteiger partial charge on any atom is -0.494 e. The Morgan fingerprint density at radius 1 is 1.29 bits per heavy atom. The van der Waals surface area contributed by atoms with Gasteiger partial charge in [-0.25, -0.2) is 4.98 Å². The Kier molecular flexibility index (Phi) is 5.92. The highest BCUT2D eigenvalue weighted by molar-refractivity contribution is 6.16. The third-order valence-electron chi connectivity index (χ3n) is 4.01. The number of halogens is 1. The van der Waals surface area contributed by atoms with Crippen molar-refractivity contribution in [3.8, 4) is 5.75 Å². The van der Waals surface area contributed by atoms with Crippen LogP contribution in [0.3, 0.4) is 0 Å². The van der Waals surface area contributed by atoms with E-state index in [0.29, 0.717) is 11.9 Å². The first-order valence-electron chi connectivity index (χ1n) is 7.82. The Morgan fingerprint density at radius 2 is 2.10 bits per heavy atom. The van der Waals surface area contributed by atoms with Crippen LogP contribution in [0.2, 0.25) is 0 Å². The van der Waals surface area contributed by atoms with Crippen LogP contribution in [0, 0.1) is 0 Å². The number of fused-ring (bicyclic) bond motifs is 1. The van der Waals surface area contributed by atoms with Gasteiger partial charge in [0.15, 0.2) is 0 Å². The molecule has 3 nitrogen and oxygen atoms in total. The summed E-state index contributed by atoms with van der Waals surface area (Å²) in [5.41, 5.74) is 2.03. The maximum atomic E-state index is 6.10. The lowest BCUT2D eigenvalue weighted by Gasteiger charge is -2.17. The molecule has 0 bridgehead atoms.